The molecule has 0 atom stereocenters. The zero-order valence-corrected chi connectivity index (χ0v) is 11.2. The molecular weight excluding hydrogens is 212 g/mol. The van der Waals surface area contributed by atoms with E-state index in [0.717, 1.165) is 25.6 Å². The SMILES string of the molecule is COC(C)(C)CCn1ccc(CNC2CC2)c1. The summed E-state index contributed by atoms with van der Waals surface area (Å²) in [6.07, 6.45) is 8.13. The van der Waals surface area contributed by atoms with E-state index in [9.17, 15) is 0 Å². The molecule has 1 aliphatic rings. The summed E-state index contributed by atoms with van der Waals surface area (Å²) in [5.74, 6) is 0. The van der Waals surface area contributed by atoms with E-state index in [2.05, 4.69) is 42.2 Å². The average Bonchev–Trinajstić information content (AvgIpc) is 3.03. The van der Waals surface area contributed by atoms with Crippen LogP contribution in [0.25, 0.3) is 0 Å². The van der Waals surface area contributed by atoms with Gasteiger partial charge >= 0.3 is 0 Å². The summed E-state index contributed by atoms with van der Waals surface area (Å²) in [4.78, 5) is 0. The molecule has 2 rings (SSSR count). The lowest BCUT2D eigenvalue weighted by molar-refractivity contribution is 0.0120. The van der Waals surface area contributed by atoms with E-state index in [1.807, 2.05) is 0 Å². The summed E-state index contributed by atoms with van der Waals surface area (Å²) in [6.45, 7) is 6.29. The largest absolute Gasteiger partial charge is 0.379 e. The highest BCUT2D eigenvalue weighted by molar-refractivity contribution is 5.10. The van der Waals surface area contributed by atoms with Crippen LogP contribution >= 0.6 is 0 Å². The van der Waals surface area contributed by atoms with Crippen LogP contribution in [0.2, 0.25) is 0 Å². The highest BCUT2D eigenvalue weighted by atomic mass is 16.5. The quantitative estimate of drug-likeness (QED) is 0.787. The first-order valence-corrected chi connectivity index (χ1v) is 6.52. The molecule has 96 valence electrons. The van der Waals surface area contributed by atoms with Gasteiger partial charge in [-0.2, -0.15) is 0 Å². The van der Waals surface area contributed by atoms with Crippen molar-refractivity contribution < 1.29 is 4.74 Å². The van der Waals surface area contributed by atoms with Crippen molar-refractivity contribution in [2.45, 2.75) is 57.8 Å². The van der Waals surface area contributed by atoms with Crippen molar-refractivity contribution in [3.8, 4) is 0 Å². The highest BCUT2D eigenvalue weighted by Crippen LogP contribution is 2.19. The van der Waals surface area contributed by atoms with Gasteiger partial charge in [-0.05, 0) is 44.7 Å². The molecule has 17 heavy (non-hydrogen) atoms. The summed E-state index contributed by atoms with van der Waals surface area (Å²) in [7, 11) is 1.78. The molecule has 3 nitrogen and oxygen atoms in total. The van der Waals surface area contributed by atoms with E-state index >= 15 is 0 Å². The molecule has 0 aromatic carbocycles. The van der Waals surface area contributed by atoms with E-state index < -0.39 is 0 Å². The van der Waals surface area contributed by atoms with E-state index in [1.165, 1.54) is 18.4 Å². The van der Waals surface area contributed by atoms with Gasteiger partial charge in [0.05, 0.1) is 5.60 Å². The molecule has 1 heterocycles. The molecule has 1 fully saturated rings. The molecule has 1 saturated carbocycles. The van der Waals surface area contributed by atoms with Crippen LogP contribution in [-0.4, -0.2) is 23.3 Å². The first-order valence-electron chi connectivity index (χ1n) is 6.52. The van der Waals surface area contributed by atoms with Gasteiger partial charge in [-0.15, -0.1) is 0 Å². The van der Waals surface area contributed by atoms with Crippen LogP contribution in [0.15, 0.2) is 18.5 Å². The zero-order chi connectivity index (χ0) is 12.3. The molecule has 1 aromatic rings. The predicted molar refractivity (Wildman–Crippen MR) is 70.0 cm³/mol. The Bertz CT molecular complexity index is 353. The molecule has 3 heteroatoms. The molecule has 1 aromatic heterocycles. The van der Waals surface area contributed by atoms with Crippen molar-refractivity contribution in [2.24, 2.45) is 0 Å². The maximum Gasteiger partial charge on any atom is 0.0639 e. The van der Waals surface area contributed by atoms with Crippen molar-refractivity contribution in [1.82, 2.24) is 9.88 Å². The number of nitrogens with one attached hydrogen (secondary N) is 1. The fraction of sp³-hybridized carbons (Fsp3) is 0.714. The number of methoxy groups -OCH3 is 1. The van der Waals surface area contributed by atoms with Crippen LogP contribution in [0.5, 0.6) is 0 Å². The number of aryl methyl sites for hydroxylation is 1. The van der Waals surface area contributed by atoms with Gasteiger partial charge in [0.2, 0.25) is 0 Å². The van der Waals surface area contributed by atoms with Gasteiger partial charge in [-0.3, -0.25) is 0 Å². The fourth-order valence-corrected chi connectivity index (χ4v) is 1.78. The molecule has 0 amide bonds. The fourth-order valence-electron chi connectivity index (χ4n) is 1.78. The molecule has 1 N–H and O–H groups in total. The number of hydrogen-bond acceptors (Lipinski definition) is 2. The van der Waals surface area contributed by atoms with Crippen LogP contribution in [0.1, 0.15) is 38.7 Å². The molecule has 0 aliphatic heterocycles. The third-order valence-corrected chi connectivity index (χ3v) is 3.51. The number of rotatable bonds is 7. The van der Waals surface area contributed by atoms with Crippen molar-refractivity contribution in [2.75, 3.05) is 7.11 Å². The summed E-state index contributed by atoms with van der Waals surface area (Å²) >= 11 is 0. The third kappa shape index (κ3) is 4.17. The van der Waals surface area contributed by atoms with Gasteiger partial charge < -0.3 is 14.6 Å². The van der Waals surface area contributed by atoms with Gasteiger partial charge in [0.15, 0.2) is 0 Å². The summed E-state index contributed by atoms with van der Waals surface area (Å²) in [5.41, 5.74) is 1.35. The third-order valence-electron chi connectivity index (χ3n) is 3.51. The van der Waals surface area contributed by atoms with Crippen LogP contribution in [0.3, 0.4) is 0 Å². The molecule has 0 unspecified atom stereocenters. The van der Waals surface area contributed by atoms with Crippen molar-refractivity contribution in [3.05, 3.63) is 24.0 Å². The lowest BCUT2D eigenvalue weighted by Gasteiger charge is -2.22. The minimum atomic E-state index is -0.0311. The Morgan fingerprint density at radius 3 is 2.88 bits per heavy atom. The lowest BCUT2D eigenvalue weighted by atomic mass is 10.1. The Kier molecular flexibility index (Phi) is 3.89. The van der Waals surface area contributed by atoms with Gasteiger partial charge in [0.1, 0.15) is 0 Å². The second-order valence-electron chi connectivity index (χ2n) is 5.63. The maximum atomic E-state index is 5.43. The van der Waals surface area contributed by atoms with E-state index in [1.54, 1.807) is 7.11 Å². The van der Waals surface area contributed by atoms with Crippen LogP contribution in [-0.2, 0) is 17.8 Å². The lowest BCUT2D eigenvalue weighted by Crippen LogP contribution is -2.24. The van der Waals surface area contributed by atoms with Crippen molar-refractivity contribution in [3.63, 3.8) is 0 Å². The highest BCUT2D eigenvalue weighted by Gasteiger charge is 2.20. The summed E-state index contributed by atoms with van der Waals surface area (Å²) in [5, 5.41) is 3.53. The topological polar surface area (TPSA) is 26.2 Å². The number of hydrogen-bond donors (Lipinski definition) is 1. The van der Waals surface area contributed by atoms with Gasteiger partial charge in [0, 0.05) is 38.6 Å². The van der Waals surface area contributed by atoms with Crippen molar-refractivity contribution >= 4 is 0 Å². The van der Waals surface area contributed by atoms with E-state index in [0.29, 0.717) is 0 Å². The molecule has 0 saturated heterocycles. The monoisotopic (exact) mass is 236 g/mol. The molecular formula is C14H24N2O. The van der Waals surface area contributed by atoms with Gasteiger partial charge in [-0.1, -0.05) is 0 Å². The number of ether oxygens (including phenoxy) is 1. The first kappa shape index (κ1) is 12.7. The Hall–Kier alpha value is -0.800. The van der Waals surface area contributed by atoms with Crippen LogP contribution < -0.4 is 5.32 Å². The van der Waals surface area contributed by atoms with E-state index in [-0.39, 0.29) is 5.60 Å². The minimum absolute atomic E-state index is 0.0311. The van der Waals surface area contributed by atoms with Crippen molar-refractivity contribution in [1.29, 1.82) is 0 Å². The maximum absolute atomic E-state index is 5.43. The zero-order valence-electron chi connectivity index (χ0n) is 11.2. The van der Waals surface area contributed by atoms with Crippen LogP contribution in [0.4, 0.5) is 0 Å². The van der Waals surface area contributed by atoms with E-state index in [4.69, 9.17) is 4.74 Å². The second-order valence-corrected chi connectivity index (χ2v) is 5.63. The molecule has 0 bridgehead atoms. The smallest absolute Gasteiger partial charge is 0.0639 e. The normalized spacial score (nSPS) is 16.4. The second kappa shape index (κ2) is 5.23. The van der Waals surface area contributed by atoms with Gasteiger partial charge in [-0.25, -0.2) is 0 Å². The predicted octanol–water partition coefficient (Wildman–Crippen LogP) is 2.56. The average molecular weight is 236 g/mol. The number of aromatic nitrogens is 1. The Morgan fingerprint density at radius 1 is 1.47 bits per heavy atom. The Balaban J connectivity index is 1.76. The standard InChI is InChI=1S/C14H24N2O/c1-14(2,17-3)7-9-16-8-6-12(11-16)10-15-13-4-5-13/h6,8,11,13,15H,4-5,7,9-10H2,1-3H3. The molecule has 0 radical (unpaired) electrons. The summed E-state index contributed by atoms with van der Waals surface area (Å²) < 4.78 is 7.68. The number of nitrogens with zero attached hydrogens (tertiary/aromatic N) is 1. The molecule has 0 spiro atoms. The Labute approximate surface area is 104 Å². The Morgan fingerprint density at radius 2 is 2.24 bits per heavy atom. The van der Waals surface area contributed by atoms with Crippen LogP contribution in [0, 0.1) is 0 Å². The minimum Gasteiger partial charge on any atom is -0.379 e. The van der Waals surface area contributed by atoms with Gasteiger partial charge in [0.25, 0.3) is 0 Å². The first-order chi connectivity index (χ1) is 8.09. The summed E-state index contributed by atoms with van der Waals surface area (Å²) in [6, 6.07) is 2.99. The molecule has 1 aliphatic carbocycles.